The molecule has 0 heterocycles. The first-order valence-corrected chi connectivity index (χ1v) is 7.02. The van der Waals surface area contributed by atoms with Crippen molar-refractivity contribution in [1.29, 1.82) is 5.26 Å². The van der Waals surface area contributed by atoms with Gasteiger partial charge in [-0.1, -0.05) is 41.6 Å². The Morgan fingerprint density at radius 3 is 2.82 bits per heavy atom. The fraction of sp³-hybridized carbons (Fsp3) is 0.500. The van der Waals surface area contributed by atoms with Crippen LogP contribution in [0.1, 0.15) is 37.7 Å². The van der Waals surface area contributed by atoms with Crippen molar-refractivity contribution in [3.63, 3.8) is 0 Å². The first-order chi connectivity index (χ1) is 8.29. The fourth-order valence-electron chi connectivity index (χ4n) is 2.47. The van der Waals surface area contributed by atoms with Crippen LogP contribution >= 0.6 is 15.9 Å². The first-order valence-electron chi connectivity index (χ1n) is 6.23. The number of benzene rings is 1. The number of hydrogen-bond acceptors (Lipinski definition) is 2. The molecular weight excluding hydrogens is 276 g/mol. The molecule has 0 unspecified atom stereocenters. The van der Waals surface area contributed by atoms with Crippen LogP contribution < -0.4 is 5.32 Å². The second kappa shape index (κ2) is 6.07. The summed E-state index contributed by atoms with van der Waals surface area (Å²) in [5, 5.41) is 12.4. The number of nitrogens with zero attached hydrogens (tertiary/aromatic N) is 1. The Hall–Kier alpha value is -1.01. The maximum atomic E-state index is 9.01. The van der Waals surface area contributed by atoms with Gasteiger partial charge in [0, 0.05) is 11.0 Å². The Balaban J connectivity index is 1.89. The number of hydrogen-bond donors (Lipinski definition) is 1. The third-order valence-corrected chi connectivity index (χ3v) is 3.94. The monoisotopic (exact) mass is 292 g/mol. The van der Waals surface area contributed by atoms with Crippen LogP contribution in [-0.4, -0.2) is 6.54 Å². The van der Waals surface area contributed by atoms with Gasteiger partial charge in [-0.2, -0.15) is 5.26 Å². The molecule has 1 aromatic rings. The second-order valence-corrected chi connectivity index (χ2v) is 5.58. The molecular formula is C14H17BrN2. The van der Waals surface area contributed by atoms with Crippen molar-refractivity contribution >= 4 is 21.6 Å². The maximum Gasteiger partial charge on any atom is 0.101 e. The van der Waals surface area contributed by atoms with Crippen LogP contribution in [0.4, 0.5) is 5.69 Å². The molecule has 0 radical (unpaired) electrons. The molecule has 0 amide bonds. The van der Waals surface area contributed by atoms with Crippen molar-refractivity contribution in [2.75, 3.05) is 11.9 Å². The van der Waals surface area contributed by atoms with Crippen molar-refractivity contribution < 1.29 is 0 Å². The van der Waals surface area contributed by atoms with Crippen LogP contribution in [0.25, 0.3) is 0 Å². The highest BCUT2D eigenvalue weighted by atomic mass is 79.9. The fourth-order valence-corrected chi connectivity index (χ4v) is 2.83. The molecule has 1 aliphatic rings. The van der Waals surface area contributed by atoms with Gasteiger partial charge in [-0.15, -0.1) is 0 Å². The van der Waals surface area contributed by atoms with Crippen molar-refractivity contribution in [2.45, 2.75) is 32.1 Å². The van der Waals surface area contributed by atoms with Gasteiger partial charge in [-0.3, -0.25) is 0 Å². The summed E-state index contributed by atoms with van der Waals surface area (Å²) in [5.41, 5.74) is 1.67. The Kier molecular flexibility index (Phi) is 4.44. The van der Waals surface area contributed by atoms with Crippen molar-refractivity contribution in [3.8, 4) is 6.07 Å². The van der Waals surface area contributed by atoms with Crippen molar-refractivity contribution in [1.82, 2.24) is 0 Å². The number of nitrogens with one attached hydrogen (secondary N) is 1. The molecule has 0 saturated heterocycles. The van der Waals surface area contributed by atoms with Gasteiger partial charge < -0.3 is 5.32 Å². The van der Waals surface area contributed by atoms with E-state index in [9.17, 15) is 0 Å². The van der Waals surface area contributed by atoms with Gasteiger partial charge in [-0.25, -0.2) is 0 Å². The maximum absolute atomic E-state index is 9.01. The van der Waals surface area contributed by atoms with Gasteiger partial charge in [0.05, 0.1) is 11.3 Å². The lowest BCUT2D eigenvalue weighted by atomic mass is 10.0. The minimum atomic E-state index is 0.722. The quantitative estimate of drug-likeness (QED) is 0.897. The van der Waals surface area contributed by atoms with Gasteiger partial charge in [-0.05, 0) is 30.5 Å². The smallest absolute Gasteiger partial charge is 0.101 e. The summed E-state index contributed by atoms with van der Waals surface area (Å²) in [4.78, 5) is 0. The van der Waals surface area contributed by atoms with E-state index in [1.165, 1.54) is 32.1 Å². The summed E-state index contributed by atoms with van der Waals surface area (Å²) in [6.07, 6.45) is 6.77. The van der Waals surface area contributed by atoms with Crippen LogP contribution in [-0.2, 0) is 0 Å². The zero-order valence-corrected chi connectivity index (χ0v) is 11.5. The largest absolute Gasteiger partial charge is 0.384 e. The minimum Gasteiger partial charge on any atom is -0.384 e. The molecule has 1 aromatic carbocycles. The van der Waals surface area contributed by atoms with E-state index in [2.05, 4.69) is 27.3 Å². The van der Waals surface area contributed by atoms with Gasteiger partial charge >= 0.3 is 0 Å². The van der Waals surface area contributed by atoms with E-state index in [-0.39, 0.29) is 0 Å². The molecule has 0 aromatic heterocycles. The molecule has 1 N–H and O–H groups in total. The molecule has 0 spiro atoms. The molecule has 3 heteroatoms. The number of halogens is 1. The average molecular weight is 293 g/mol. The lowest BCUT2D eigenvalue weighted by molar-refractivity contribution is 0.518. The predicted molar refractivity (Wildman–Crippen MR) is 73.9 cm³/mol. The predicted octanol–water partition coefficient (Wildman–Crippen LogP) is 4.31. The molecule has 1 fully saturated rings. The summed E-state index contributed by atoms with van der Waals surface area (Å²) in [6, 6.07) is 7.95. The van der Waals surface area contributed by atoms with Crippen LogP contribution in [0, 0.1) is 17.2 Å². The van der Waals surface area contributed by atoms with E-state index in [0.29, 0.717) is 0 Å². The second-order valence-electron chi connectivity index (χ2n) is 4.67. The van der Waals surface area contributed by atoms with E-state index in [4.69, 9.17) is 5.26 Å². The Morgan fingerprint density at radius 1 is 1.35 bits per heavy atom. The topological polar surface area (TPSA) is 35.8 Å². The molecule has 1 aliphatic carbocycles. The molecule has 2 nitrogen and oxygen atoms in total. The van der Waals surface area contributed by atoms with Gasteiger partial charge in [0.2, 0.25) is 0 Å². The third-order valence-electron chi connectivity index (χ3n) is 3.44. The van der Waals surface area contributed by atoms with E-state index in [0.717, 1.165) is 28.2 Å². The number of rotatable bonds is 4. The van der Waals surface area contributed by atoms with E-state index < -0.39 is 0 Å². The highest BCUT2D eigenvalue weighted by Gasteiger charge is 2.14. The molecule has 1 saturated carbocycles. The van der Waals surface area contributed by atoms with E-state index >= 15 is 0 Å². The Morgan fingerprint density at radius 2 is 2.12 bits per heavy atom. The minimum absolute atomic E-state index is 0.722. The van der Waals surface area contributed by atoms with Crippen LogP contribution in [0.5, 0.6) is 0 Å². The SMILES string of the molecule is N#Cc1ccc(Br)cc1NCCC1CCCC1. The summed E-state index contributed by atoms with van der Waals surface area (Å²) >= 11 is 3.43. The van der Waals surface area contributed by atoms with Gasteiger partial charge in [0.15, 0.2) is 0 Å². The van der Waals surface area contributed by atoms with Crippen LogP contribution in [0.15, 0.2) is 22.7 Å². The molecule has 0 bridgehead atoms. The summed E-state index contributed by atoms with van der Waals surface area (Å²) in [7, 11) is 0. The number of nitriles is 1. The van der Waals surface area contributed by atoms with Crippen LogP contribution in [0.2, 0.25) is 0 Å². The zero-order valence-electron chi connectivity index (χ0n) is 9.88. The average Bonchev–Trinajstić information content (AvgIpc) is 2.82. The Bertz CT molecular complexity index is 417. The van der Waals surface area contributed by atoms with E-state index in [1.807, 2.05) is 18.2 Å². The molecule has 2 rings (SSSR count). The molecule has 0 aliphatic heterocycles. The standard InChI is InChI=1S/C14H17BrN2/c15-13-6-5-12(10-16)14(9-13)17-8-7-11-3-1-2-4-11/h5-6,9,11,17H,1-4,7-8H2. The molecule has 0 atom stereocenters. The first kappa shape index (κ1) is 12.4. The molecule has 90 valence electrons. The van der Waals surface area contributed by atoms with Gasteiger partial charge in [0.25, 0.3) is 0 Å². The lowest BCUT2D eigenvalue weighted by Gasteiger charge is -2.12. The summed E-state index contributed by atoms with van der Waals surface area (Å²) < 4.78 is 1.01. The van der Waals surface area contributed by atoms with Crippen LogP contribution in [0.3, 0.4) is 0 Å². The third kappa shape index (κ3) is 3.47. The highest BCUT2D eigenvalue weighted by molar-refractivity contribution is 9.10. The summed E-state index contributed by atoms with van der Waals surface area (Å²) in [6.45, 7) is 0.968. The van der Waals surface area contributed by atoms with Crippen molar-refractivity contribution in [3.05, 3.63) is 28.2 Å². The Labute approximate surface area is 111 Å². The van der Waals surface area contributed by atoms with E-state index in [1.54, 1.807) is 0 Å². The highest BCUT2D eigenvalue weighted by Crippen LogP contribution is 2.28. The number of anilines is 1. The van der Waals surface area contributed by atoms with Crippen molar-refractivity contribution in [2.24, 2.45) is 5.92 Å². The normalized spacial score (nSPS) is 15.8. The lowest BCUT2D eigenvalue weighted by Crippen LogP contribution is -2.07. The summed E-state index contributed by atoms with van der Waals surface area (Å²) in [5.74, 6) is 0.889. The van der Waals surface area contributed by atoms with Gasteiger partial charge in [0.1, 0.15) is 6.07 Å². The zero-order chi connectivity index (χ0) is 12.1. The molecule has 17 heavy (non-hydrogen) atoms.